The summed E-state index contributed by atoms with van der Waals surface area (Å²) in [5.74, 6) is 1.79. The molecule has 18 heavy (non-hydrogen) atoms. The number of benzene rings is 1. The topological polar surface area (TPSA) is 45.0 Å². The Balaban J connectivity index is 2.38. The van der Waals surface area contributed by atoms with Crippen LogP contribution in [0.1, 0.15) is 20.3 Å². The summed E-state index contributed by atoms with van der Waals surface area (Å²) in [6.45, 7) is 4.11. The molecule has 0 aromatic heterocycles. The summed E-state index contributed by atoms with van der Waals surface area (Å²) in [4.78, 5) is 1.18. The summed E-state index contributed by atoms with van der Waals surface area (Å²) in [6.07, 6.45) is 0.844. The van der Waals surface area contributed by atoms with E-state index in [0.717, 1.165) is 17.9 Å². The van der Waals surface area contributed by atoms with E-state index in [0.29, 0.717) is 6.04 Å². The number of ether oxygens (including phenoxy) is 1. The third kappa shape index (κ3) is 5.44. The van der Waals surface area contributed by atoms with Gasteiger partial charge in [-0.2, -0.15) is 5.26 Å². The van der Waals surface area contributed by atoms with Crippen LogP contribution >= 0.6 is 11.8 Å². The van der Waals surface area contributed by atoms with Gasteiger partial charge in [-0.1, -0.05) is 6.07 Å². The van der Waals surface area contributed by atoms with E-state index in [-0.39, 0.29) is 6.04 Å². The van der Waals surface area contributed by atoms with Gasteiger partial charge >= 0.3 is 0 Å². The summed E-state index contributed by atoms with van der Waals surface area (Å²) >= 11 is 1.75. The lowest BCUT2D eigenvalue weighted by atomic mass is 10.2. The highest BCUT2D eigenvalue weighted by Crippen LogP contribution is 2.23. The minimum atomic E-state index is -0.0666. The number of rotatable bonds is 7. The van der Waals surface area contributed by atoms with E-state index >= 15 is 0 Å². The molecular weight excluding hydrogens is 244 g/mol. The molecule has 0 spiro atoms. The molecule has 4 heteroatoms. The fraction of sp³-hybridized carbons (Fsp3) is 0.500. The summed E-state index contributed by atoms with van der Waals surface area (Å²) in [6, 6.07) is 10.6. The number of methoxy groups -OCH3 is 1. The van der Waals surface area contributed by atoms with Crippen molar-refractivity contribution in [3.63, 3.8) is 0 Å². The highest BCUT2D eigenvalue weighted by Gasteiger charge is 2.08. The average Bonchev–Trinajstić information content (AvgIpc) is 2.37. The molecule has 0 aliphatic rings. The maximum Gasteiger partial charge on any atom is 0.119 e. The molecule has 1 rings (SSSR count). The molecule has 0 bridgehead atoms. The zero-order valence-electron chi connectivity index (χ0n) is 11.1. The van der Waals surface area contributed by atoms with E-state index in [1.807, 2.05) is 18.2 Å². The number of nitriles is 1. The Hall–Kier alpha value is -1.18. The molecular formula is C14H20N2OS. The molecule has 0 heterocycles. The molecule has 0 fully saturated rings. The summed E-state index contributed by atoms with van der Waals surface area (Å²) in [7, 11) is 1.67. The third-order valence-electron chi connectivity index (χ3n) is 2.41. The van der Waals surface area contributed by atoms with Crippen LogP contribution in [0.15, 0.2) is 29.2 Å². The maximum absolute atomic E-state index is 9.01. The highest BCUT2D eigenvalue weighted by atomic mass is 32.2. The Morgan fingerprint density at radius 2 is 2.22 bits per heavy atom. The van der Waals surface area contributed by atoms with Gasteiger partial charge < -0.3 is 4.74 Å². The lowest BCUT2D eigenvalue weighted by molar-refractivity contribution is 0.413. The van der Waals surface area contributed by atoms with Crippen molar-refractivity contribution in [2.45, 2.75) is 37.2 Å². The van der Waals surface area contributed by atoms with E-state index in [1.165, 1.54) is 4.90 Å². The fourth-order valence-corrected chi connectivity index (χ4v) is 2.54. The van der Waals surface area contributed by atoms with Crippen molar-refractivity contribution in [2.75, 3.05) is 12.9 Å². The first-order chi connectivity index (χ1) is 8.65. The van der Waals surface area contributed by atoms with E-state index in [1.54, 1.807) is 18.9 Å². The molecule has 1 atom stereocenters. The summed E-state index contributed by atoms with van der Waals surface area (Å²) in [5, 5.41) is 12.3. The monoisotopic (exact) mass is 264 g/mol. The lowest BCUT2D eigenvalue weighted by Crippen LogP contribution is -2.33. The zero-order chi connectivity index (χ0) is 13.4. The maximum atomic E-state index is 9.01. The Morgan fingerprint density at radius 1 is 1.44 bits per heavy atom. The van der Waals surface area contributed by atoms with Crippen LogP contribution in [0, 0.1) is 11.3 Å². The van der Waals surface area contributed by atoms with Gasteiger partial charge in [-0.25, -0.2) is 0 Å². The van der Waals surface area contributed by atoms with Gasteiger partial charge in [0.05, 0.1) is 19.2 Å². The first-order valence-electron chi connectivity index (χ1n) is 6.08. The Bertz CT molecular complexity index is 401. The van der Waals surface area contributed by atoms with Crippen LogP contribution in [0.4, 0.5) is 0 Å². The summed E-state index contributed by atoms with van der Waals surface area (Å²) < 4.78 is 5.18. The van der Waals surface area contributed by atoms with Crippen LogP contribution in [-0.2, 0) is 0 Å². The second kappa shape index (κ2) is 8.02. The molecule has 0 saturated heterocycles. The van der Waals surface area contributed by atoms with Crippen LogP contribution in [0.25, 0.3) is 0 Å². The van der Waals surface area contributed by atoms with Crippen LogP contribution in [0.3, 0.4) is 0 Å². The molecule has 1 unspecified atom stereocenters. The molecule has 0 radical (unpaired) electrons. The quantitative estimate of drug-likeness (QED) is 0.769. The van der Waals surface area contributed by atoms with Gasteiger partial charge in [0.2, 0.25) is 0 Å². The van der Waals surface area contributed by atoms with Gasteiger partial charge in [0.15, 0.2) is 0 Å². The molecule has 0 aliphatic heterocycles. The van der Waals surface area contributed by atoms with Crippen molar-refractivity contribution in [3.05, 3.63) is 24.3 Å². The fourth-order valence-electron chi connectivity index (χ4n) is 1.57. The van der Waals surface area contributed by atoms with E-state index in [9.17, 15) is 0 Å². The number of thioether (sulfide) groups is 1. The van der Waals surface area contributed by atoms with Gasteiger partial charge in [-0.05, 0) is 38.5 Å². The second-order valence-corrected chi connectivity index (χ2v) is 5.49. The molecule has 1 aromatic carbocycles. The number of hydrogen-bond donors (Lipinski definition) is 1. The molecule has 1 N–H and O–H groups in total. The normalized spacial score (nSPS) is 12.2. The first-order valence-corrected chi connectivity index (χ1v) is 7.06. The number of hydrogen-bond acceptors (Lipinski definition) is 4. The standard InChI is InChI=1S/C14H20N2OS/c1-11(2)16-12(10-15)7-8-18-14-6-4-5-13(9-14)17-3/h4-6,9,11-12,16H,7-8H2,1-3H3. The Morgan fingerprint density at radius 3 is 2.83 bits per heavy atom. The number of nitrogens with one attached hydrogen (secondary N) is 1. The zero-order valence-corrected chi connectivity index (χ0v) is 12.0. The van der Waals surface area contributed by atoms with Crippen molar-refractivity contribution in [1.82, 2.24) is 5.32 Å². The van der Waals surface area contributed by atoms with Crippen molar-refractivity contribution in [1.29, 1.82) is 5.26 Å². The van der Waals surface area contributed by atoms with E-state index in [2.05, 4.69) is 31.3 Å². The summed E-state index contributed by atoms with van der Waals surface area (Å²) in [5.41, 5.74) is 0. The van der Waals surface area contributed by atoms with E-state index in [4.69, 9.17) is 10.00 Å². The molecule has 0 aliphatic carbocycles. The predicted molar refractivity (Wildman–Crippen MR) is 76.0 cm³/mol. The molecule has 1 aromatic rings. The van der Waals surface area contributed by atoms with Crippen LogP contribution in [0.5, 0.6) is 5.75 Å². The van der Waals surface area contributed by atoms with Crippen LogP contribution in [0.2, 0.25) is 0 Å². The van der Waals surface area contributed by atoms with E-state index < -0.39 is 0 Å². The van der Waals surface area contributed by atoms with Crippen LogP contribution < -0.4 is 10.1 Å². The molecule has 98 valence electrons. The lowest BCUT2D eigenvalue weighted by Gasteiger charge is -2.14. The van der Waals surface area contributed by atoms with Gasteiger partial charge in [-0.3, -0.25) is 5.32 Å². The van der Waals surface area contributed by atoms with Crippen molar-refractivity contribution < 1.29 is 4.74 Å². The first kappa shape index (κ1) is 14.9. The largest absolute Gasteiger partial charge is 0.497 e. The molecule has 0 amide bonds. The highest BCUT2D eigenvalue weighted by molar-refractivity contribution is 7.99. The van der Waals surface area contributed by atoms with Gasteiger partial charge in [0, 0.05) is 16.7 Å². The van der Waals surface area contributed by atoms with Crippen LogP contribution in [-0.4, -0.2) is 24.9 Å². The second-order valence-electron chi connectivity index (χ2n) is 4.32. The smallest absolute Gasteiger partial charge is 0.119 e. The van der Waals surface area contributed by atoms with Crippen molar-refractivity contribution in [2.24, 2.45) is 0 Å². The molecule has 3 nitrogen and oxygen atoms in total. The predicted octanol–water partition coefficient (Wildman–Crippen LogP) is 3.07. The van der Waals surface area contributed by atoms with Crippen molar-refractivity contribution >= 4 is 11.8 Å². The van der Waals surface area contributed by atoms with Gasteiger partial charge in [0.1, 0.15) is 5.75 Å². The van der Waals surface area contributed by atoms with Gasteiger partial charge in [-0.15, -0.1) is 11.8 Å². The minimum Gasteiger partial charge on any atom is -0.497 e. The molecule has 0 saturated carbocycles. The van der Waals surface area contributed by atoms with Gasteiger partial charge in [0.25, 0.3) is 0 Å². The Labute approximate surface area is 114 Å². The third-order valence-corrected chi connectivity index (χ3v) is 3.43. The SMILES string of the molecule is COc1cccc(SCCC(C#N)NC(C)C)c1. The number of nitrogens with zero attached hydrogens (tertiary/aromatic N) is 1. The minimum absolute atomic E-state index is 0.0666. The average molecular weight is 264 g/mol. The van der Waals surface area contributed by atoms with Crippen molar-refractivity contribution in [3.8, 4) is 11.8 Å². The Kier molecular flexibility index (Phi) is 6.63.